The first-order valence-electron chi connectivity index (χ1n) is 8.38. The fraction of sp³-hybridized carbons (Fsp3) is 0.938. The predicted molar refractivity (Wildman–Crippen MR) is 86.1 cm³/mol. The van der Waals surface area contributed by atoms with Crippen LogP contribution in [-0.4, -0.2) is 65.3 Å². The summed E-state index contributed by atoms with van der Waals surface area (Å²) in [7, 11) is 0. The van der Waals surface area contributed by atoms with E-state index in [1.54, 1.807) is 0 Å². The van der Waals surface area contributed by atoms with E-state index in [2.05, 4.69) is 19.2 Å². The van der Waals surface area contributed by atoms with Gasteiger partial charge in [-0.25, -0.2) is 0 Å². The third-order valence-electron chi connectivity index (χ3n) is 2.79. The molecular weight excluding hydrogens is 286 g/mol. The number of carbonyl (C=O) groups excluding carboxylic acids is 1. The highest BCUT2D eigenvalue weighted by Crippen LogP contribution is 1.92. The molecule has 22 heavy (non-hydrogen) atoms. The standard InChI is InChI=1S/C16H33NO5/c1-3-5-6-16(18)17-7-9-20-11-13-22-15-14-21-12-10-19-8-4-2/h3-15H2,1-2H3,(H,17,18). The summed E-state index contributed by atoms with van der Waals surface area (Å²) in [6.07, 6.45) is 3.61. The van der Waals surface area contributed by atoms with E-state index in [-0.39, 0.29) is 5.91 Å². The molecule has 1 N–H and O–H groups in total. The smallest absolute Gasteiger partial charge is 0.220 e. The molecule has 0 saturated heterocycles. The van der Waals surface area contributed by atoms with Crippen LogP contribution in [0.3, 0.4) is 0 Å². The van der Waals surface area contributed by atoms with Crippen LogP contribution in [0.5, 0.6) is 0 Å². The van der Waals surface area contributed by atoms with Crippen molar-refractivity contribution >= 4 is 5.91 Å². The minimum Gasteiger partial charge on any atom is -0.379 e. The fourth-order valence-electron chi connectivity index (χ4n) is 1.59. The SMILES string of the molecule is CCCCC(=O)NCCOCCOCCOCCOCCC. The minimum atomic E-state index is 0.0989. The van der Waals surface area contributed by atoms with Gasteiger partial charge in [-0.05, 0) is 12.8 Å². The molecule has 0 aromatic carbocycles. The maximum Gasteiger partial charge on any atom is 0.220 e. The van der Waals surface area contributed by atoms with Gasteiger partial charge in [0, 0.05) is 19.6 Å². The lowest BCUT2D eigenvalue weighted by Crippen LogP contribution is -2.27. The molecule has 0 saturated carbocycles. The quantitative estimate of drug-likeness (QED) is 0.414. The number of hydrogen-bond donors (Lipinski definition) is 1. The van der Waals surface area contributed by atoms with Gasteiger partial charge in [0.1, 0.15) is 0 Å². The normalized spacial score (nSPS) is 10.8. The first-order chi connectivity index (χ1) is 10.8. The Morgan fingerprint density at radius 1 is 0.727 bits per heavy atom. The molecule has 0 aliphatic carbocycles. The summed E-state index contributed by atoms with van der Waals surface area (Å²) >= 11 is 0. The molecule has 0 aliphatic rings. The number of hydrogen-bond acceptors (Lipinski definition) is 5. The molecule has 0 radical (unpaired) electrons. The lowest BCUT2D eigenvalue weighted by molar-refractivity contribution is -0.121. The second kappa shape index (κ2) is 18.4. The maximum absolute atomic E-state index is 11.3. The van der Waals surface area contributed by atoms with Crippen molar-refractivity contribution in [2.24, 2.45) is 0 Å². The Kier molecular flexibility index (Phi) is 17.8. The van der Waals surface area contributed by atoms with Crippen LogP contribution in [0.1, 0.15) is 39.5 Å². The van der Waals surface area contributed by atoms with Gasteiger partial charge in [0.05, 0.1) is 46.2 Å². The van der Waals surface area contributed by atoms with Gasteiger partial charge in [-0.3, -0.25) is 4.79 Å². The molecule has 0 spiro atoms. The van der Waals surface area contributed by atoms with E-state index in [0.29, 0.717) is 59.2 Å². The van der Waals surface area contributed by atoms with Crippen LogP contribution in [0.2, 0.25) is 0 Å². The van der Waals surface area contributed by atoms with Crippen LogP contribution >= 0.6 is 0 Å². The van der Waals surface area contributed by atoms with E-state index in [1.807, 2.05) is 0 Å². The molecule has 0 aromatic rings. The van der Waals surface area contributed by atoms with E-state index in [0.717, 1.165) is 25.9 Å². The van der Waals surface area contributed by atoms with Crippen LogP contribution < -0.4 is 5.32 Å². The summed E-state index contributed by atoms with van der Waals surface area (Å²) in [6.45, 7) is 9.47. The minimum absolute atomic E-state index is 0.0989. The molecule has 0 aromatic heterocycles. The number of rotatable bonds is 17. The Morgan fingerprint density at radius 3 is 1.73 bits per heavy atom. The van der Waals surface area contributed by atoms with E-state index in [9.17, 15) is 4.79 Å². The van der Waals surface area contributed by atoms with Crippen LogP contribution in [0.25, 0.3) is 0 Å². The van der Waals surface area contributed by atoms with E-state index in [4.69, 9.17) is 18.9 Å². The molecule has 0 rings (SSSR count). The van der Waals surface area contributed by atoms with Crippen molar-refractivity contribution in [1.82, 2.24) is 5.32 Å². The summed E-state index contributed by atoms with van der Waals surface area (Å²) in [4.78, 5) is 11.3. The van der Waals surface area contributed by atoms with Crippen LogP contribution in [0.15, 0.2) is 0 Å². The first kappa shape index (κ1) is 21.3. The van der Waals surface area contributed by atoms with Gasteiger partial charge < -0.3 is 24.3 Å². The maximum atomic E-state index is 11.3. The van der Waals surface area contributed by atoms with E-state index < -0.39 is 0 Å². The Hall–Kier alpha value is -0.690. The van der Waals surface area contributed by atoms with Gasteiger partial charge in [-0.1, -0.05) is 20.3 Å². The van der Waals surface area contributed by atoms with Crippen molar-refractivity contribution in [2.45, 2.75) is 39.5 Å². The van der Waals surface area contributed by atoms with Gasteiger partial charge >= 0.3 is 0 Å². The zero-order valence-corrected chi connectivity index (χ0v) is 14.2. The zero-order valence-electron chi connectivity index (χ0n) is 14.2. The van der Waals surface area contributed by atoms with E-state index >= 15 is 0 Å². The third-order valence-corrected chi connectivity index (χ3v) is 2.79. The fourth-order valence-corrected chi connectivity index (χ4v) is 1.59. The van der Waals surface area contributed by atoms with Gasteiger partial charge in [0.2, 0.25) is 5.91 Å². The molecule has 0 atom stereocenters. The Morgan fingerprint density at radius 2 is 1.23 bits per heavy atom. The average Bonchev–Trinajstić information content (AvgIpc) is 2.53. The second-order valence-corrected chi connectivity index (χ2v) is 4.90. The number of amides is 1. The van der Waals surface area contributed by atoms with Crippen molar-refractivity contribution in [3.63, 3.8) is 0 Å². The summed E-state index contributed by atoms with van der Waals surface area (Å²) in [5, 5.41) is 2.82. The molecule has 0 heterocycles. The summed E-state index contributed by atoms with van der Waals surface area (Å²) in [5.74, 6) is 0.0989. The molecule has 1 amide bonds. The van der Waals surface area contributed by atoms with Crippen molar-refractivity contribution in [2.75, 3.05) is 59.4 Å². The monoisotopic (exact) mass is 319 g/mol. The highest BCUT2D eigenvalue weighted by molar-refractivity contribution is 5.75. The van der Waals surface area contributed by atoms with Gasteiger partial charge in [0.25, 0.3) is 0 Å². The highest BCUT2D eigenvalue weighted by Gasteiger charge is 1.98. The van der Waals surface area contributed by atoms with Gasteiger partial charge in [-0.15, -0.1) is 0 Å². The summed E-state index contributed by atoms with van der Waals surface area (Å²) in [5.41, 5.74) is 0. The van der Waals surface area contributed by atoms with Crippen LogP contribution in [-0.2, 0) is 23.7 Å². The molecule has 0 bridgehead atoms. The molecule has 0 unspecified atom stereocenters. The largest absolute Gasteiger partial charge is 0.379 e. The predicted octanol–water partition coefficient (Wildman–Crippen LogP) is 1.77. The summed E-state index contributed by atoms with van der Waals surface area (Å²) < 4.78 is 21.4. The van der Waals surface area contributed by atoms with Crippen LogP contribution in [0, 0.1) is 0 Å². The molecule has 132 valence electrons. The molecule has 6 heteroatoms. The Labute approximate surface area is 134 Å². The van der Waals surface area contributed by atoms with Crippen molar-refractivity contribution in [3.05, 3.63) is 0 Å². The van der Waals surface area contributed by atoms with Crippen molar-refractivity contribution in [3.8, 4) is 0 Å². The first-order valence-corrected chi connectivity index (χ1v) is 8.38. The number of carbonyl (C=O) groups is 1. The molecule has 6 nitrogen and oxygen atoms in total. The zero-order chi connectivity index (χ0) is 16.3. The third kappa shape index (κ3) is 17.4. The average molecular weight is 319 g/mol. The van der Waals surface area contributed by atoms with Gasteiger partial charge in [-0.2, -0.15) is 0 Å². The Balaban J connectivity index is 3.04. The van der Waals surface area contributed by atoms with Crippen LogP contribution in [0.4, 0.5) is 0 Å². The van der Waals surface area contributed by atoms with Crippen molar-refractivity contribution < 1.29 is 23.7 Å². The Bertz CT molecular complexity index is 239. The summed E-state index contributed by atoms with van der Waals surface area (Å²) in [6, 6.07) is 0. The second-order valence-electron chi connectivity index (χ2n) is 4.90. The number of ether oxygens (including phenoxy) is 4. The van der Waals surface area contributed by atoms with Gasteiger partial charge in [0.15, 0.2) is 0 Å². The van der Waals surface area contributed by atoms with E-state index in [1.165, 1.54) is 0 Å². The number of unbranched alkanes of at least 4 members (excludes halogenated alkanes) is 1. The lowest BCUT2D eigenvalue weighted by Gasteiger charge is -2.08. The number of nitrogens with one attached hydrogen (secondary N) is 1. The lowest BCUT2D eigenvalue weighted by atomic mass is 10.2. The topological polar surface area (TPSA) is 66.0 Å². The van der Waals surface area contributed by atoms with Crippen molar-refractivity contribution in [1.29, 1.82) is 0 Å². The highest BCUT2D eigenvalue weighted by atomic mass is 16.6. The molecule has 0 aliphatic heterocycles. The molecular formula is C16H33NO5. The molecule has 0 fully saturated rings.